The van der Waals surface area contributed by atoms with Crippen LogP contribution in [0.25, 0.3) is 56.0 Å². The number of imidazole rings is 1. The van der Waals surface area contributed by atoms with Gasteiger partial charge >= 0.3 is 0 Å². The molecule has 6 rings (SSSR count). The zero-order chi connectivity index (χ0) is 20.9. The number of pyridine rings is 2. The number of aromatic nitrogens is 8. The van der Waals surface area contributed by atoms with Crippen LogP contribution in [0.2, 0.25) is 0 Å². The molecule has 0 unspecified atom stereocenters. The lowest BCUT2D eigenvalue weighted by Crippen LogP contribution is -1.89. The molecule has 150 valence electrons. The van der Waals surface area contributed by atoms with Crippen molar-refractivity contribution in [1.82, 2.24) is 39.9 Å². The third kappa shape index (κ3) is 2.78. The number of aryl methyl sites for hydroxylation is 1. The molecular formula is C22H15FN8. The van der Waals surface area contributed by atoms with Gasteiger partial charge in [-0.15, -0.1) is 0 Å². The number of hydrogen-bond donors (Lipinski definition) is 2. The Morgan fingerprint density at radius 1 is 1.00 bits per heavy atom. The summed E-state index contributed by atoms with van der Waals surface area (Å²) in [6.45, 7) is 0. The summed E-state index contributed by atoms with van der Waals surface area (Å²) in [6.07, 6.45) is 7.13. The first-order valence-corrected chi connectivity index (χ1v) is 9.60. The fourth-order valence-corrected chi connectivity index (χ4v) is 3.71. The van der Waals surface area contributed by atoms with E-state index in [0.29, 0.717) is 33.9 Å². The van der Waals surface area contributed by atoms with Crippen molar-refractivity contribution in [2.45, 2.75) is 0 Å². The molecule has 6 aromatic rings. The van der Waals surface area contributed by atoms with Crippen LogP contribution in [-0.4, -0.2) is 39.9 Å². The Morgan fingerprint density at radius 2 is 1.90 bits per heavy atom. The van der Waals surface area contributed by atoms with Gasteiger partial charge in [0.15, 0.2) is 11.5 Å². The molecule has 5 aromatic heterocycles. The van der Waals surface area contributed by atoms with E-state index in [4.69, 9.17) is 4.98 Å². The van der Waals surface area contributed by atoms with Gasteiger partial charge < -0.3 is 4.98 Å². The number of aromatic amines is 2. The van der Waals surface area contributed by atoms with Crippen LogP contribution >= 0.6 is 0 Å². The summed E-state index contributed by atoms with van der Waals surface area (Å²) in [6, 6.07) is 10.3. The first-order valence-electron chi connectivity index (χ1n) is 9.60. The minimum atomic E-state index is -0.345. The van der Waals surface area contributed by atoms with E-state index in [1.807, 2.05) is 25.4 Å². The second-order valence-electron chi connectivity index (χ2n) is 7.22. The fourth-order valence-electron chi connectivity index (χ4n) is 3.71. The Bertz CT molecular complexity index is 1580. The molecule has 0 spiro atoms. The molecule has 0 saturated carbocycles. The second-order valence-corrected chi connectivity index (χ2v) is 7.22. The molecule has 0 aliphatic rings. The van der Waals surface area contributed by atoms with Crippen LogP contribution in [0.3, 0.4) is 0 Å². The van der Waals surface area contributed by atoms with Crippen molar-refractivity contribution < 1.29 is 4.39 Å². The zero-order valence-corrected chi connectivity index (χ0v) is 16.3. The number of nitrogens with zero attached hydrogens (tertiary/aromatic N) is 6. The molecule has 0 radical (unpaired) electrons. The van der Waals surface area contributed by atoms with E-state index in [-0.39, 0.29) is 5.82 Å². The van der Waals surface area contributed by atoms with Crippen molar-refractivity contribution in [3.05, 3.63) is 67.0 Å². The molecule has 5 heterocycles. The van der Waals surface area contributed by atoms with Gasteiger partial charge in [0.2, 0.25) is 0 Å². The zero-order valence-electron chi connectivity index (χ0n) is 16.3. The number of halogens is 1. The summed E-state index contributed by atoms with van der Waals surface area (Å²) in [7, 11) is 1.87. The molecule has 9 heteroatoms. The summed E-state index contributed by atoms with van der Waals surface area (Å²) in [5.74, 6) is 0.208. The number of rotatable bonds is 3. The average molecular weight is 410 g/mol. The van der Waals surface area contributed by atoms with Crippen molar-refractivity contribution in [3.63, 3.8) is 0 Å². The summed E-state index contributed by atoms with van der Waals surface area (Å²) in [5.41, 5.74) is 5.36. The first-order chi connectivity index (χ1) is 15.2. The summed E-state index contributed by atoms with van der Waals surface area (Å²) >= 11 is 0. The van der Waals surface area contributed by atoms with Gasteiger partial charge in [-0.3, -0.25) is 14.8 Å². The molecule has 1 aromatic carbocycles. The van der Waals surface area contributed by atoms with E-state index in [0.717, 1.165) is 22.0 Å². The molecule has 0 amide bonds. The monoisotopic (exact) mass is 410 g/mol. The van der Waals surface area contributed by atoms with Gasteiger partial charge in [0.05, 0.1) is 17.1 Å². The topological polar surface area (TPSA) is 101 Å². The molecule has 8 nitrogen and oxygen atoms in total. The third-order valence-corrected chi connectivity index (χ3v) is 5.21. The van der Waals surface area contributed by atoms with E-state index in [9.17, 15) is 4.39 Å². The van der Waals surface area contributed by atoms with Crippen molar-refractivity contribution in [1.29, 1.82) is 0 Å². The van der Waals surface area contributed by atoms with E-state index >= 15 is 0 Å². The molecule has 0 saturated heterocycles. The minimum Gasteiger partial charge on any atom is -0.336 e. The lowest BCUT2D eigenvalue weighted by Gasteiger charge is -2.02. The quantitative estimate of drug-likeness (QED) is 0.457. The minimum absolute atomic E-state index is 0.345. The van der Waals surface area contributed by atoms with E-state index in [1.165, 1.54) is 6.07 Å². The largest absolute Gasteiger partial charge is 0.336 e. The smallest absolute Gasteiger partial charge is 0.159 e. The highest BCUT2D eigenvalue weighted by Gasteiger charge is 2.18. The molecular weight excluding hydrogens is 395 g/mol. The maximum absolute atomic E-state index is 14.4. The van der Waals surface area contributed by atoms with Crippen LogP contribution in [0.15, 0.2) is 61.2 Å². The van der Waals surface area contributed by atoms with Crippen LogP contribution < -0.4 is 0 Å². The Labute approximate surface area is 174 Å². The lowest BCUT2D eigenvalue weighted by molar-refractivity contribution is 0.631. The fraction of sp³-hybridized carbons (Fsp3) is 0.0455. The Morgan fingerprint density at radius 3 is 2.74 bits per heavy atom. The maximum atomic E-state index is 14.4. The highest BCUT2D eigenvalue weighted by molar-refractivity contribution is 5.96. The number of benzene rings is 1. The molecule has 0 aliphatic carbocycles. The van der Waals surface area contributed by atoms with E-state index in [2.05, 4.69) is 30.2 Å². The van der Waals surface area contributed by atoms with Gasteiger partial charge in [0.1, 0.15) is 22.7 Å². The predicted molar refractivity (Wildman–Crippen MR) is 114 cm³/mol. The number of hydrogen-bond acceptors (Lipinski definition) is 5. The number of H-pyrrole nitrogens is 2. The van der Waals surface area contributed by atoms with E-state index in [1.54, 1.807) is 41.5 Å². The maximum Gasteiger partial charge on any atom is 0.159 e. The third-order valence-electron chi connectivity index (χ3n) is 5.21. The van der Waals surface area contributed by atoms with Gasteiger partial charge in [0.25, 0.3) is 0 Å². The standard InChI is InChI=1S/C22H15FN8/c1-31-11-13(10-26-31)12-8-15-19(29-30-21(15)25-9-12)22-27-17-6-7-24-18(20(17)28-22)14-4-2-3-5-16(14)23/h2-11H,1H3,(H,27,28)(H,25,29,30). The molecule has 0 atom stereocenters. The highest BCUT2D eigenvalue weighted by Crippen LogP contribution is 2.32. The lowest BCUT2D eigenvalue weighted by atomic mass is 10.1. The Balaban J connectivity index is 1.52. The van der Waals surface area contributed by atoms with E-state index < -0.39 is 0 Å². The van der Waals surface area contributed by atoms with Gasteiger partial charge in [0, 0.05) is 42.3 Å². The first kappa shape index (κ1) is 17.5. The van der Waals surface area contributed by atoms with Crippen molar-refractivity contribution in [2.24, 2.45) is 7.05 Å². The summed E-state index contributed by atoms with van der Waals surface area (Å²) < 4.78 is 16.1. The van der Waals surface area contributed by atoms with Crippen molar-refractivity contribution in [3.8, 4) is 33.9 Å². The highest BCUT2D eigenvalue weighted by atomic mass is 19.1. The van der Waals surface area contributed by atoms with Gasteiger partial charge in [-0.1, -0.05) is 12.1 Å². The van der Waals surface area contributed by atoms with Gasteiger partial charge in [-0.2, -0.15) is 10.2 Å². The molecule has 31 heavy (non-hydrogen) atoms. The average Bonchev–Trinajstić information content (AvgIpc) is 3.50. The number of fused-ring (bicyclic) bond motifs is 2. The van der Waals surface area contributed by atoms with Gasteiger partial charge in [-0.25, -0.2) is 14.4 Å². The second kappa shape index (κ2) is 6.56. The van der Waals surface area contributed by atoms with Crippen LogP contribution in [0.5, 0.6) is 0 Å². The Hall–Kier alpha value is -4.40. The SMILES string of the molecule is Cn1cc(-c2cnc3[nH]nc(-c4nc5c(-c6ccccc6F)nccc5[nH]4)c3c2)cn1. The normalized spacial score (nSPS) is 11.5. The van der Waals surface area contributed by atoms with Crippen LogP contribution in [-0.2, 0) is 7.05 Å². The van der Waals surface area contributed by atoms with Gasteiger partial charge in [-0.05, 0) is 24.3 Å². The van der Waals surface area contributed by atoms with Crippen LogP contribution in [0, 0.1) is 5.82 Å². The van der Waals surface area contributed by atoms with Crippen LogP contribution in [0.1, 0.15) is 0 Å². The molecule has 2 N–H and O–H groups in total. The molecule has 0 aliphatic heterocycles. The van der Waals surface area contributed by atoms with Crippen LogP contribution in [0.4, 0.5) is 4.39 Å². The molecule has 0 fully saturated rings. The summed E-state index contributed by atoms with van der Waals surface area (Å²) in [4.78, 5) is 16.9. The summed E-state index contributed by atoms with van der Waals surface area (Å²) in [5, 5.41) is 12.4. The van der Waals surface area contributed by atoms with Crippen molar-refractivity contribution >= 4 is 22.1 Å². The van der Waals surface area contributed by atoms with Crippen molar-refractivity contribution in [2.75, 3.05) is 0 Å². The Kier molecular flexibility index (Phi) is 3.69. The number of nitrogens with one attached hydrogen (secondary N) is 2. The molecule has 0 bridgehead atoms. The predicted octanol–water partition coefficient (Wildman–Crippen LogP) is 4.10.